The smallest absolute Gasteiger partial charge is 0.241 e. The molecule has 0 spiro atoms. The van der Waals surface area contributed by atoms with Crippen LogP contribution in [-0.4, -0.2) is 30.4 Å². The second kappa shape index (κ2) is 6.23. The molecule has 0 saturated heterocycles. The lowest BCUT2D eigenvalue weighted by molar-refractivity contribution is -0.129. The zero-order chi connectivity index (χ0) is 13.9. The number of nitrogens with one attached hydrogen (secondary N) is 1. The molecule has 0 bridgehead atoms. The molecule has 0 fully saturated rings. The van der Waals surface area contributed by atoms with Gasteiger partial charge in [0, 0.05) is 23.2 Å². The Morgan fingerprint density at radius 1 is 1.33 bits per heavy atom. The lowest BCUT2D eigenvalue weighted by Crippen LogP contribution is -2.37. The molecule has 0 heterocycles. The number of anilines is 1. The van der Waals surface area contributed by atoms with Crippen LogP contribution in [0.25, 0.3) is 0 Å². The average Bonchev–Trinajstić information content (AvgIpc) is 2.25. The van der Waals surface area contributed by atoms with E-state index < -0.39 is 0 Å². The SMILES string of the molecule is Cc1cc(Br)cc(C)c1NCC(=O)N(C)C(C)C. The molecule has 1 aromatic carbocycles. The first-order valence-electron chi connectivity index (χ1n) is 6.09. The highest BCUT2D eigenvalue weighted by atomic mass is 79.9. The summed E-state index contributed by atoms with van der Waals surface area (Å²) in [5, 5.41) is 3.23. The maximum absolute atomic E-state index is 11.9. The summed E-state index contributed by atoms with van der Waals surface area (Å²) in [6, 6.07) is 4.32. The molecule has 100 valence electrons. The zero-order valence-corrected chi connectivity index (χ0v) is 13.3. The van der Waals surface area contributed by atoms with Crippen molar-refractivity contribution in [2.45, 2.75) is 33.7 Å². The number of benzene rings is 1. The highest BCUT2D eigenvalue weighted by Gasteiger charge is 2.12. The predicted octanol–water partition coefficient (Wildman–Crippen LogP) is 3.34. The molecule has 1 N–H and O–H groups in total. The number of likely N-dealkylation sites (N-methyl/N-ethyl adjacent to an activating group) is 1. The minimum atomic E-state index is 0.103. The summed E-state index contributed by atoms with van der Waals surface area (Å²) in [6.45, 7) is 8.42. The van der Waals surface area contributed by atoms with Crippen molar-refractivity contribution in [3.63, 3.8) is 0 Å². The van der Waals surface area contributed by atoms with E-state index in [9.17, 15) is 4.79 Å². The number of hydrogen-bond donors (Lipinski definition) is 1. The van der Waals surface area contributed by atoms with Crippen LogP contribution in [-0.2, 0) is 4.79 Å². The van der Waals surface area contributed by atoms with Gasteiger partial charge < -0.3 is 10.2 Å². The van der Waals surface area contributed by atoms with Gasteiger partial charge in [-0.3, -0.25) is 4.79 Å². The van der Waals surface area contributed by atoms with Crippen LogP contribution in [0.2, 0.25) is 0 Å². The van der Waals surface area contributed by atoms with Gasteiger partial charge in [-0.05, 0) is 51.0 Å². The monoisotopic (exact) mass is 312 g/mol. The first-order chi connectivity index (χ1) is 8.32. The molecule has 0 aliphatic carbocycles. The minimum absolute atomic E-state index is 0.103. The van der Waals surface area contributed by atoms with Gasteiger partial charge in [-0.15, -0.1) is 0 Å². The van der Waals surface area contributed by atoms with Crippen LogP contribution in [0.1, 0.15) is 25.0 Å². The van der Waals surface area contributed by atoms with Crippen LogP contribution < -0.4 is 5.32 Å². The van der Waals surface area contributed by atoms with E-state index in [0.29, 0.717) is 6.54 Å². The van der Waals surface area contributed by atoms with Gasteiger partial charge in [0.05, 0.1) is 6.54 Å². The second-order valence-corrected chi connectivity index (χ2v) is 5.78. The molecule has 3 nitrogen and oxygen atoms in total. The number of carbonyl (C=O) groups excluding carboxylic acids is 1. The van der Waals surface area contributed by atoms with Crippen molar-refractivity contribution < 1.29 is 4.79 Å². The first-order valence-corrected chi connectivity index (χ1v) is 6.88. The normalized spacial score (nSPS) is 10.6. The Labute approximate surface area is 118 Å². The van der Waals surface area contributed by atoms with Gasteiger partial charge in [0.2, 0.25) is 5.91 Å². The van der Waals surface area contributed by atoms with E-state index in [1.807, 2.05) is 46.9 Å². The van der Waals surface area contributed by atoms with Crippen LogP contribution in [0.5, 0.6) is 0 Å². The lowest BCUT2D eigenvalue weighted by Gasteiger charge is -2.22. The van der Waals surface area contributed by atoms with Crippen LogP contribution in [0.4, 0.5) is 5.69 Å². The second-order valence-electron chi connectivity index (χ2n) is 4.87. The van der Waals surface area contributed by atoms with Crippen molar-refractivity contribution in [1.29, 1.82) is 0 Å². The van der Waals surface area contributed by atoms with Crippen LogP contribution in [0, 0.1) is 13.8 Å². The van der Waals surface area contributed by atoms with Gasteiger partial charge in [-0.2, -0.15) is 0 Å². The Morgan fingerprint density at radius 2 is 1.83 bits per heavy atom. The molecule has 0 atom stereocenters. The van der Waals surface area contributed by atoms with Gasteiger partial charge in [0.25, 0.3) is 0 Å². The lowest BCUT2D eigenvalue weighted by atomic mass is 10.1. The average molecular weight is 313 g/mol. The maximum Gasteiger partial charge on any atom is 0.241 e. The molecule has 0 aliphatic rings. The Balaban J connectivity index is 2.73. The van der Waals surface area contributed by atoms with Crippen molar-refractivity contribution in [3.05, 3.63) is 27.7 Å². The van der Waals surface area contributed by atoms with E-state index in [1.165, 1.54) is 0 Å². The quantitative estimate of drug-likeness (QED) is 0.924. The number of rotatable bonds is 4. The fourth-order valence-corrected chi connectivity index (χ4v) is 2.45. The third-order valence-corrected chi connectivity index (χ3v) is 3.54. The van der Waals surface area contributed by atoms with Gasteiger partial charge >= 0.3 is 0 Å². The Hall–Kier alpha value is -1.03. The summed E-state index contributed by atoms with van der Waals surface area (Å²) < 4.78 is 1.06. The van der Waals surface area contributed by atoms with E-state index in [2.05, 4.69) is 21.2 Å². The van der Waals surface area contributed by atoms with Gasteiger partial charge in [-0.1, -0.05) is 15.9 Å². The fraction of sp³-hybridized carbons (Fsp3) is 0.500. The Kier molecular flexibility index (Phi) is 5.20. The molecular formula is C14H21BrN2O. The number of nitrogens with zero attached hydrogens (tertiary/aromatic N) is 1. The van der Waals surface area contributed by atoms with Crippen molar-refractivity contribution in [3.8, 4) is 0 Å². The molecular weight excluding hydrogens is 292 g/mol. The summed E-state index contributed by atoms with van der Waals surface area (Å²) in [5.74, 6) is 0.103. The number of amides is 1. The van der Waals surface area contributed by atoms with Crippen molar-refractivity contribution in [2.24, 2.45) is 0 Å². The van der Waals surface area contributed by atoms with Gasteiger partial charge in [-0.25, -0.2) is 0 Å². The standard InChI is InChI=1S/C14H21BrN2O/c1-9(2)17(5)13(18)8-16-14-10(3)6-12(15)7-11(14)4/h6-7,9,16H,8H2,1-5H3. The molecule has 1 amide bonds. The predicted molar refractivity (Wildman–Crippen MR) is 80.0 cm³/mol. The van der Waals surface area contributed by atoms with Gasteiger partial charge in [0.1, 0.15) is 0 Å². The van der Waals surface area contributed by atoms with E-state index >= 15 is 0 Å². The summed E-state index contributed by atoms with van der Waals surface area (Å²) in [5.41, 5.74) is 3.33. The number of aryl methyl sites for hydroxylation is 2. The van der Waals surface area contributed by atoms with Gasteiger partial charge in [0.15, 0.2) is 0 Å². The Morgan fingerprint density at radius 3 is 2.28 bits per heavy atom. The minimum Gasteiger partial charge on any atom is -0.376 e. The summed E-state index contributed by atoms with van der Waals surface area (Å²) >= 11 is 3.47. The van der Waals surface area contributed by atoms with E-state index in [-0.39, 0.29) is 11.9 Å². The van der Waals surface area contributed by atoms with Crippen molar-refractivity contribution in [2.75, 3.05) is 18.9 Å². The molecule has 4 heteroatoms. The molecule has 1 aromatic rings. The summed E-state index contributed by atoms with van der Waals surface area (Å²) in [6.07, 6.45) is 0. The van der Waals surface area contributed by atoms with Crippen molar-refractivity contribution in [1.82, 2.24) is 4.90 Å². The van der Waals surface area contributed by atoms with Crippen LogP contribution in [0.15, 0.2) is 16.6 Å². The molecule has 0 saturated carbocycles. The molecule has 0 unspecified atom stereocenters. The number of hydrogen-bond acceptors (Lipinski definition) is 2. The molecule has 0 aromatic heterocycles. The fourth-order valence-electron chi connectivity index (χ4n) is 1.77. The highest BCUT2D eigenvalue weighted by molar-refractivity contribution is 9.10. The summed E-state index contributed by atoms with van der Waals surface area (Å²) in [7, 11) is 1.83. The van der Waals surface area contributed by atoms with Crippen LogP contribution >= 0.6 is 15.9 Å². The van der Waals surface area contributed by atoms with E-state index in [1.54, 1.807) is 4.90 Å². The van der Waals surface area contributed by atoms with Crippen LogP contribution in [0.3, 0.4) is 0 Å². The molecule has 1 rings (SSSR count). The van der Waals surface area contributed by atoms with E-state index in [4.69, 9.17) is 0 Å². The molecule has 0 aliphatic heterocycles. The number of halogens is 1. The molecule has 18 heavy (non-hydrogen) atoms. The third kappa shape index (κ3) is 3.73. The number of carbonyl (C=O) groups is 1. The Bertz CT molecular complexity index is 420. The highest BCUT2D eigenvalue weighted by Crippen LogP contribution is 2.24. The maximum atomic E-state index is 11.9. The largest absolute Gasteiger partial charge is 0.376 e. The zero-order valence-electron chi connectivity index (χ0n) is 11.7. The topological polar surface area (TPSA) is 32.3 Å². The summed E-state index contributed by atoms with van der Waals surface area (Å²) in [4.78, 5) is 13.6. The van der Waals surface area contributed by atoms with Crippen molar-refractivity contribution >= 4 is 27.5 Å². The van der Waals surface area contributed by atoms with E-state index in [0.717, 1.165) is 21.3 Å². The molecule has 0 radical (unpaired) electrons. The third-order valence-electron chi connectivity index (χ3n) is 3.08. The first kappa shape index (κ1) is 15.0.